The Labute approximate surface area is 128 Å². The zero-order chi connectivity index (χ0) is 15.2. The third kappa shape index (κ3) is 1.96. The van der Waals surface area contributed by atoms with Gasteiger partial charge in [0.15, 0.2) is 0 Å². The van der Waals surface area contributed by atoms with Gasteiger partial charge in [-0.05, 0) is 23.1 Å². The van der Waals surface area contributed by atoms with Crippen molar-refractivity contribution in [3.63, 3.8) is 0 Å². The van der Waals surface area contributed by atoms with E-state index in [1.165, 1.54) is 0 Å². The van der Waals surface area contributed by atoms with Gasteiger partial charge in [0.25, 0.3) is 0 Å². The monoisotopic (exact) mass is 293 g/mol. The van der Waals surface area contributed by atoms with Crippen molar-refractivity contribution in [1.82, 2.24) is 14.8 Å². The molecule has 2 aromatic rings. The summed E-state index contributed by atoms with van der Waals surface area (Å²) in [5, 5.41) is 8.12. The van der Waals surface area contributed by atoms with Crippen LogP contribution in [0, 0.1) is 11.8 Å². The molecule has 1 saturated heterocycles. The highest BCUT2D eigenvalue weighted by molar-refractivity contribution is 6.11. The first-order chi connectivity index (χ1) is 10.7. The number of aromatic nitrogens is 3. The minimum absolute atomic E-state index is 0.0860. The quantitative estimate of drug-likeness (QED) is 0.627. The lowest BCUT2D eigenvalue weighted by Gasteiger charge is -2.42. The van der Waals surface area contributed by atoms with Crippen LogP contribution in [0.25, 0.3) is 0 Å². The van der Waals surface area contributed by atoms with E-state index < -0.39 is 0 Å². The lowest BCUT2D eigenvalue weighted by atomic mass is 9.74. The van der Waals surface area contributed by atoms with Crippen LogP contribution in [0.15, 0.2) is 24.5 Å². The van der Waals surface area contributed by atoms with Crippen molar-refractivity contribution in [2.24, 2.45) is 7.05 Å². The minimum Gasteiger partial charge on any atom is -0.379 e. The zero-order valence-electron chi connectivity index (χ0n) is 12.3. The predicted octanol–water partition coefficient (Wildman–Crippen LogP) is 1.07. The predicted molar refractivity (Wildman–Crippen MR) is 79.5 cm³/mol. The maximum Gasteiger partial charge on any atom is 0.236 e. The number of benzene rings is 1. The van der Waals surface area contributed by atoms with Crippen molar-refractivity contribution in [2.45, 2.75) is 18.3 Å². The Balaban J connectivity index is 1.73. The number of carbonyl (C=O) groups is 1. The number of ether oxygens (including phenoxy) is 1. The molecule has 0 N–H and O–H groups in total. The Kier molecular flexibility index (Phi) is 2.88. The summed E-state index contributed by atoms with van der Waals surface area (Å²) in [6.45, 7) is 1.27. The molecule has 0 amide bonds. The average Bonchev–Trinajstić information content (AvgIpc) is 2.88. The molecule has 1 aromatic heterocycles. The molecule has 0 spiro atoms. The second-order valence-corrected chi connectivity index (χ2v) is 5.99. The summed E-state index contributed by atoms with van der Waals surface area (Å²) in [5.74, 6) is 6.37. The van der Waals surface area contributed by atoms with Crippen LogP contribution in [-0.2, 0) is 30.0 Å². The maximum absolute atomic E-state index is 12.0. The Morgan fingerprint density at radius 3 is 2.95 bits per heavy atom. The summed E-state index contributed by atoms with van der Waals surface area (Å²) >= 11 is 0. The van der Waals surface area contributed by atoms with E-state index in [1.54, 1.807) is 6.33 Å². The smallest absolute Gasteiger partial charge is 0.236 e. The standard InChI is InChI=1S/C17H15N3O2/c1-20-11-18-19-16(20)8-17(9-22-10-17)13-6-5-12-3-2-4-15(21)14(12)7-13/h5-7,11H,3,8-10H2,1H3. The van der Waals surface area contributed by atoms with Gasteiger partial charge in [0.2, 0.25) is 5.78 Å². The summed E-state index contributed by atoms with van der Waals surface area (Å²) in [6, 6.07) is 6.11. The molecule has 1 aliphatic heterocycles. The number of Topliss-reactive ketones (excluding diaryl/α,β-unsaturated/α-hetero) is 1. The molecule has 2 aliphatic rings. The first-order valence-corrected chi connectivity index (χ1v) is 7.25. The van der Waals surface area contributed by atoms with E-state index in [1.807, 2.05) is 23.7 Å². The number of carbonyl (C=O) groups excluding carboxylic acids is 1. The van der Waals surface area contributed by atoms with Crippen LogP contribution in [0.4, 0.5) is 0 Å². The van der Waals surface area contributed by atoms with E-state index in [2.05, 4.69) is 28.1 Å². The van der Waals surface area contributed by atoms with Crippen LogP contribution in [0.3, 0.4) is 0 Å². The Morgan fingerprint density at radius 2 is 2.27 bits per heavy atom. The molecule has 5 heteroatoms. The van der Waals surface area contributed by atoms with Gasteiger partial charge in [0.1, 0.15) is 12.2 Å². The molecule has 1 aliphatic carbocycles. The van der Waals surface area contributed by atoms with E-state index >= 15 is 0 Å². The third-order valence-corrected chi connectivity index (χ3v) is 4.51. The van der Waals surface area contributed by atoms with E-state index in [0.29, 0.717) is 19.6 Å². The first-order valence-electron chi connectivity index (χ1n) is 7.25. The van der Waals surface area contributed by atoms with Crippen LogP contribution >= 0.6 is 0 Å². The Hall–Kier alpha value is -2.45. The summed E-state index contributed by atoms with van der Waals surface area (Å²) in [7, 11) is 1.94. The molecule has 110 valence electrons. The molecule has 0 radical (unpaired) electrons. The highest BCUT2D eigenvalue weighted by atomic mass is 16.5. The molecular formula is C17H15N3O2. The van der Waals surface area contributed by atoms with Crippen molar-refractivity contribution in [3.05, 3.63) is 47.0 Å². The maximum atomic E-state index is 12.0. The molecule has 1 aromatic carbocycles. The summed E-state index contributed by atoms with van der Waals surface area (Å²) < 4.78 is 7.41. The van der Waals surface area contributed by atoms with Crippen LogP contribution in [0.5, 0.6) is 0 Å². The fraction of sp³-hybridized carbons (Fsp3) is 0.353. The van der Waals surface area contributed by atoms with Gasteiger partial charge >= 0.3 is 0 Å². The van der Waals surface area contributed by atoms with E-state index in [9.17, 15) is 4.79 Å². The topological polar surface area (TPSA) is 57.0 Å². The zero-order valence-corrected chi connectivity index (χ0v) is 12.3. The van der Waals surface area contributed by atoms with Crippen LogP contribution in [0.1, 0.15) is 27.3 Å². The van der Waals surface area contributed by atoms with Gasteiger partial charge in [-0.3, -0.25) is 4.79 Å². The number of nitrogens with zero attached hydrogens (tertiary/aromatic N) is 3. The van der Waals surface area contributed by atoms with Gasteiger partial charge in [-0.1, -0.05) is 18.1 Å². The van der Waals surface area contributed by atoms with E-state index in [0.717, 1.165) is 28.9 Å². The number of hydrogen-bond donors (Lipinski definition) is 0. The molecule has 5 nitrogen and oxygen atoms in total. The average molecular weight is 293 g/mol. The van der Waals surface area contributed by atoms with Crippen LogP contribution in [0.2, 0.25) is 0 Å². The van der Waals surface area contributed by atoms with Gasteiger partial charge in [-0.25, -0.2) is 0 Å². The van der Waals surface area contributed by atoms with Gasteiger partial charge in [-0.2, -0.15) is 0 Å². The van der Waals surface area contributed by atoms with Crippen LogP contribution in [-0.4, -0.2) is 33.8 Å². The van der Waals surface area contributed by atoms with Gasteiger partial charge in [0.05, 0.1) is 13.2 Å². The highest BCUT2D eigenvalue weighted by Gasteiger charge is 2.42. The fourth-order valence-electron chi connectivity index (χ4n) is 3.05. The molecule has 1 fully saturated rings. The molecule has 4 rings (SSSR count). The summed E-state index contributed by atoms with van der Waals surface area (Å²) in [6.07, 6.45) is 3.10. The van der Waals surface area contributed by atoms with Gasteiger partial charge < -0.3 is 9.30 Å². The molecule has 0 atom stereocenters. The molecule has 0 saturated carbocycles. The van der Waals surface area contributed by atoms with Crippen LogP contribution < -0.4 is 0 Å². The minimum atomic E-state index is -0.124. The van der Waals surface area contributed by atoms with Crippen molar-refractivity contribution in [3.8, 4) is 11.8 Å². The lowest BCUT2D eigenvalue weighted by Crippen LogP contribution is -2.49. The molecule has 0 unspecified atom stereocenters. The number of fused-ring (bicyclic) bond motifs is 1. The summed E-state index contributed by atoms with van der Waals surface area (Å²) in [4.78, 5) is 12.0. The second-order valence-electron chi connectivity index (χ2n) is 5.99. The van der Waals surface area contributed by atoms with Crippen molar-refractivity contribution < 1.29 is 9.53 Å². The SMILES string of the molecule is Cn1cnnc1CC1(c2ccc3c(c2)C(=O)C#CC3)COC1. The Bertz CT molecular complexity index is 822. The number of rotatable bonds is 3. The van der Waals surface area contributed by atoms with E-state index in [4.69, 9.17) is 4.74 Å². The van der Waals surface area contributed by atoms with Crippen molar-refractivity contribution in [2.75, 3.05) is 13.2 Å². The van der Waals surface area contributed by atoms with Crippen molar-refractivity contribution in [1.29, 1.82) is 0 Å². The Morgan fingerprint density at radius 1 is 1.41 bits per heavy atom. The third-order valence-electron chi connectivity index (χ3n) is 4.51. The first kappa shape index (κ1) is 13.2. The largest absolute Gasteiger partial charge is 0.379 e. The second kappa shape index (κ2) is 4.79. The van der Waals surface area contributed by atoms with Crippen molar-refractivity contribution >= 4 is 5.78 Å². The lowest BCUT2D eigenvalue weighted by molar-refractivity contribution is -0.0611. The molecule has 2 heterocycles. The van der Waals surface area contributed by atoms with Gasteiger partial charge in [-0.15, -0.1) is 10.2 Å². The highest BCUT2D eigenvalue weighted by Crippen LogP contribution is 2.36. The number of hydrogen-bond acceptors (Lipinski definition) is 4. The van der Waals surface area contributed by atoms with Gasteiger partial charge in [0, 0.05) is 30.9 Å². The molecule has 22 heavy (non-hydrogen) atoms. The summed E-state index contributed by atoms with van der Waals surface area (Å²) in [5.41, 5.74) is 2.75. The van der Waals surface area contributed by atoms with E-state index in [-0.39, 0.29) is 11.2 Å². The molecule has 0 bridgehead atoms. The fourth-order valence-corrected chi connectivity index (χ4v) is 3.05. The number of aryl methyl sites for hydroxylation is 1. The number of ketones is 1. The normalized spacial score (nSPS) is 18.1. The molecular weight excluding hydrogens is 278 g/mol.